The van der Waals surface area contributed by atoms with Crippen molar-refractivity contribution in [2.24, 2.45) is 7.05 Å². The van der Waals surface area contributed by atoms with Crippen LogP contribution in [0, 0.1) is 19.7 Å². The average Bonchev–Trinajstić information content (AvgIpc) is 2.72. The minimum atomic E-state index is -0.340. The molecule has 0 bridgehead atoms. The van der Waals surface area contributed by atoms with E-state index in [1.807, 2.05) is 6.07 Å². The van der Waals surface area contributed by atoms with Crippen molar-refractivity contribution in [1.29, 1.82) is 0 Å². The van der Waals surface area contributed by atoms with Crippen molar-refractivity contribution in [3.8, 4) is 28.4 Å². The number of nitrogens with zero attached hydrogens (tertiary/aromatic N) is 1. The lowest BCUT2D eigenvalue weighted by Gasteiger charge is -2.19. The summed E-state index contributed by atoms with van der Waals surface area (Å²) < 4.78 is 26.9. The average molecular weight is 421 g/mol. The van der Waals surface area contributed by atoms with Crippen molar-refractivity contribution in [3.63, 3.8) is 0 Å². The van der Waals surface area contributed by atoms with E-state index >= 15 is 0 Å². The molecule has 3 aromatic rings. The normalized spacial score (nSPS) is 10.6. The quantitative estimate of drug-likeness (QED) is 0.509. The number of benzene rings is 2. The molecule has 0 atom stereocenters. The Morgan fingerprint density at radius 3 is 2.45 bits per heavy atom. The number of ketones is 1. The molecule has 160 valence electrons. The molecule has 5 nitrogen and oxygen atoms in total. The second-order valence-electron chi connectivity index (χ2n) is 7.31. The fourth-order valence-electron chi connectivity index (χ4n) is 3.51. The van der Waals surface area contributed by atoms with Crippen LogP contribution in [-0.2, 0) is 18.3 Å². The number of rotatable bonds is 7. The number of aromatic nitrogens is 1. The maximum atomic E-state index is 13.8. The molecule has 0 aliphatic heterocycles. The highest BCUT2D eigenvalue weighted by molar-refractivity contribution is 5.93. The van der Waals surface area contributed by atoms with Crippen LogP contribution in [0.1, 0.15) is 16.7 Å². The summed E-state index contributed by atoms with van der Waals surface area (Å²) in [5.74, 6) is 0.853. The molecule has 0 N–H and O–H groups in total. The molecule has 2 aromatic carbocycles. The lowest BCUT2D eigenvalue weighted by atomic mass is 9.95. The first kappa shape index (κ1) is 22.0. The van der Waals surface area contributed by atoms with Gasteiger partial charge in [-0.2, -0.15) is 0 Å². The predicted molar refractivity (Wildman–Crippen MR) is 119 cm³/mol. The van der Waals surface area contributed by atoms with Gasteiger partial charge in [0.05, 0.1) is 7.11 Å². The number of methoxy groups -OCH3 is 1. The van der Waals surface area contributed by atoms with E-state index in [-0.39, 0.29) is 23.6 Å². The molecule has 1 heterocycles. The number of halogens is 1. The van der Waals surface area contributed by atoms with E-state index in [9.17, 15) is 14.0 Å². The summed E-state index contributed by atoms with van der Waals surface area (Å²) in [6.07, 6.45) is 3.02. The Bertz CT molecular complexity index is 1200. The topological polar surface area (TPSA) is 57.5 Å². The number of aryl methyl sites for hydroxylation is 3. The van der Waals surface area contributed by atoms with Crippen molar-refractivity contribution >= 4 is 5.78 Å². The van der Waals surface area contributed by atoms with E-state index in [0.717, 1.165) is 0 Å². The third kappa shape index (κ3) is 4.58. The molecule has 0 saturated heterocycles. The van der Waals surface area contributed by atoms with Gasteiger partial charge in [0.2, 0.25) is 0 Å². The van der Waals surface area contributed by atoms with Crippen LogP contribution in [0.2, 0.25) is 0 Å². The molecule has 0 unspecified atom stereocenters. The van der Waals surface area contributed by atoms with Gasteiger partial charge in [-0.1, -0.05) is 18.7 Å². The molecule has 0 aliphatic rings. The number of hydrogen-bond donors (Lipinski definition) is 0. The monoisotopic (exact) mass is 421 g/mol. The van der Waals surface area contributed by atoms with Gasteiger partial charge in [-0.15, -0.1) is 0 Å². The number of carbonyl (C=O) groups is 1. The summed E-state index contributed by atoms with van der Waals surface area (Å²) in [7, 11) is 3.11. The second kappa shape index (κ2) is 9.00. The zero-order chi connectivity index (χ0) is 22.7. The third-order valence-corrected chi connectivity index (χ3v) is 5.02. The molecule has 1 aromatic heterocycles. The first-order valence-corrected chi connectivity index (χ1v) is 9.72. The highest BCUT2D eigenvalue weighted by Crippen LogP contribution is 2.41. The summed E-state index contributed by atoms with van der Waals surface area (Å²) in [6.45, 7) is 7.09. The summed E-state index contributed by atoms with van der Waals surface area (Å²) in [6, 6.07) is 9.56. The van der Waals surface area contributed by atoms with Gasteiger partial charge in [-0.25, -0.2) is 4.39 Å². The van der Waals surface area contributed by atoms with Crippen LogP contribution in [0.4, 0.5) is 4.39 Å². The Kier molecular flexibility index (Phi) is 6.39. The smallest absolute Gasteiger partial charge is 0.254 e. The van der Waals surface area contributed by atoms with Gasteiger partial charge in [-0.3, -0.25) is 9.59 Å². The largest absolute Gasteiger partial charge is 0.496 e. The first-order valence-electron chi connectivity index (χ1n) is 9.72. The molecular weight excluding hydrogens is 397 g/mol. The van der Waals surface area contributed by atoms with E-state index in [1.54, 1.807) is 39.2 Å². The molecule has 0 saturated carbocycles. The molecule has 0 spiro atoms. The lowest BCUT2D eigenvalue weighted by molar-refractivity contribution is -0.114. The van der Waals surface area contributed by atoms with E-state index in [0.29, 0.717) is 45.1 Å². The van der Waals surface area contributed by atoms with Crippen LogP contribution in [0.15, 0.2) is 60.0 Å². The van der Waals surface area contributed by atoms with Crippen molar-refractivity contribution < 1.29 is 18.7 Å². The van der Waals surface area contributed by atoms with E-state index in [1.165, 1.54) is 36.0 Å². The van der Waals surface area contributed by atoms with Gasteiger partial charge < -0.3 is 14.0 Å². The molecule has 0 amide bonds. The highest BCUT2D eigenvalue weighted by Gasteiger charge is 2.20. The Morgan fingerprint density at radius 1 is 1.16 bits per heavy atom. The van der Waals surface area contributed by atoms with Crippen LogP contribution >= 0.6 is 0 Å². The maximum Gasteiger partial charge on any atom is 0.254 e. The van der Waals surface area contributed by atoms with E-state index in [2.05, 4.69) is 6.58 Å². The summed E-state index contributed by atoms with van der Waals surface area (Å²) in [4.78, 5) is 24.3. The Morgan fingerprint density at radius 2 is 1.84 bits per heavy atom. The van der Waals surface area contributed by atoms with Crippen molar-refractivity contribution in [2.45, 2.75) is 20.3 Å². The molecule has 0 radical (unpaired) electrons. The predicted octanol–water partition coefficient (Wildman–Crippen LogP) is 4.91. The molecule has 3 rings (SSSR count). The molecule has 6 heteroatoms. The van der Waals surface area contributed by atoms with Gasteiger partial charge >= 0.3 is 0 Å². The van der Waals surface area contributed by atoms with Gasteiger partial charge in [0.15, 0.2) is 5.78 Å². The minimum absolute atomic E-state index is 0.101. The van der Waals surface area contributed by atoms with Crippen LogP contribution < -0.4 is 15.0 Å². The fourth-order valence-corrected chi connectivity index (χ4v) is 3.51. The Labute approximate surface area is 180 Å². The van der Waals surface area contributed by atoms with Gasteiger partial charge in [-0.05, 0) is 54.8 Å². The SMILES string of the molecule is C=CC(=O)Cc1cccc(Oc2c(C)cc(F)cc2C)c1-c1cn(C)c(=O)cc1OC. The third-order valence-electron chi connectivity index (χ3n) is 5.02. The Balaban J connectivity index is 2.28. The minimum Gasteiger partial charge on any atom is -0.496 e. The molecule has 0 aliphatic carbocycles. The number of hydrogen-bond acceptors (Lipinski definition) is 4. The van der Waals surface area contributed by atoms with Crippen LogP contribution in [0.3, 0.4) is 0 Å². The van der Waals surface area contributed by atoms with Crippen LogP contribution in [0.5, 0.6) is 17.2 Å². The number of carbonyl (C=O) groups excluding carboxylic acids is 1. The maximum absolute atomic E-state index is 13.8. The standard InChI is InChI=1S/C25H24FNO4/c1-6-19(28)12-17-8-7-9-21(31-25-15(2)10-18(26)11-16(25)3)24(17)20-14-27(4)23(29)13-22(20)30-5/h6-11,13-14H,1,12H2,2-5H3. The fraction of sp³-hybridized carbons (Fsp3) is 0.200. The zero-order valence-corrected chi connectivity index (χ0v) is 18.0. The van der Waals surface area contributed by atoms with Crippen molar-refractivity contribution in [3.05, 3.63) is 88.1 Å². The summed E-state index contributed by atoms with van der Waals surface area (Å²) in [5, 5.41) is 0. The van der Waals surface area contributed by atoms with Gasteiger partial charge in [0.1, 0.15) is 23.1 Å². The Hall–Kier alpha value is -3.67. The molecular formula is C25H24FNO4. The summed E-state index contributed by atoms with van der Waals surface area (Å²) in [5.41, 5.74) is 2.97. The molecule has 31 heavy (non-hydrogen) atoms. The summed E-state index contributed by atoms with van der Waals surface area (Å²) >= 11 is 0. The van der Waals surface area contributed by atoms with Crippen LogP contribution in [0.25, 0.3) is 11.1 Å². The second-order valence-corrected chi connectivity index (χ2v) is 7.31. The zero-order valence-electron chi connectivity index (χ0n) is 18.0. The molecule has 0 fully saturated rings. The van der Waals surface area contributed by atoms with Crippen LogP contribution in [-0.4, -0.2) is 17.5 Å². The van der Waals surface area contributed by atoms with Gasteiger partial charge in [0.25, 0.3) is 5.56 Å². The highest BCUT2D eigenvalue weighted by atomic mass is 19.1. The van der Waals surface area contributed by atoms with Crippen molar-refractivity contribution in [2.75, 3.05) is 7.11 Å². The first-order chi connectivity index (χ1) is 14.7. The number of ether oxygens (including phenoxy) is 2. The van der Waals surface area contributed by atoms with Crippen molar-refractivity contribution in [1.82, 2.24) is 4.57 Å². The van der Waals surface area contributed by atoms with E-state index in [4.69, 9.17) is 9.47 Å². The lowest BCUT2D eigenvalue weighted by Crippen LogP contribution is -2.16. The number of allylic oxidation sites excluding steroid dienone is 1. The number of pyridine rings is 1. The van der Waals surface area contributed by atoms with E-state index < -0.39 is 0 Å². The van der Waals surface area contributed by atoms with Gasteiger partial charge in [0, 0.05) is 36.9 Å².